The number of amides is 1. The van der Waals surface area contributed by atoms with Gasteiger partial charge in [0, 0.05) is 31.3 Å². The van der Waals surface area contributed by atoms with Gasteiger partial charge in [-0.25, -0.2) is 4.68 Å². The normalized spacial score (nSPS) is 14.0. The van der Waals surface area contributed by atoms with Gasteiger partial charge in [-0.2, -0.15) is 5.10 Å². The highest BCUT2D eigenvalue weighted by Crippen LogP contribution is 2.27. The highest BCUT2D eigenvalue weighted by atomic mass is 16.4. The minimum Gasteiger partial charge on any atom is -0.481 e. The summed E-state index contributed by atoms with van der Waals surface area (Å²) in [7, 11) is 1.87. The molecule has 6 heteroatoms. The van der Waals surface area contributed by atoms with Crippen molar-refractivity contribution in [1.82, 2.24) is 14.7 Å². The lowest BCUT2D eigenvalue weighted by Crippen LogP contribution is -2.34. The van der Waals surface area contributed by atoms with E-state index in [1.54, 1.807) is 0 Å². The van der Waals surface area contributed by atoms with Crippen molar-refractivity contribution in [3.8, 4) is 5.69 Å². The first-order valence-corrected chi connectivity index (χ1v) is 9.49. The van der Waals surface area contributed by atoms with Crippen LogP contribution in [0.5, 0.6) is 0 Å². The van der Waals surface area contributed by atoms with E-state index in [1.165, 1.54) is 19.3 Å². The Labute approximate surface area is 159 Å². The van der Waals surface area contributed by atoms with Crippen molar-refractivity contribution in [1.29, 1.82) is 0 Å². The fraction of sp³-hybridized carbons (Fsp3) is 0.476. The molecule has 1 aliphatic rings. The van der Waals surface area contributed by atoms with Crippen LogP contribution in [-0.2, 0) is 11.2 Å². The zero-order valence-electron chi connectivity index (χ0n) is 16.2. The Morgan fingerprint density at radius 1 is 1.22 bits per heavy atom. The van der Waals surface area contributed by atoms with Gasteiger partial charge in [0.15, 0.2) is 0 Å². The molecule has 1 fully saturated rings. The van der Waals surface area contributed by atoms with Crippen LogP contribution >= 0.6 is 0 Å². The molecule has 27 heavy (non-hydrogen) atoms. The molecule has 0 bridgehead atoms. The lowest BCUT2D eigenvalue weighted by Gasteiger charge is -2.30. The van der Waals surface area contributed by atoms with E-state index in [1.807, 2.05) is 54.7 Å². The maximum Gasteiger partial charge on any atom is 0.303 e. The number of hydrogen-bond acceptors (Lipinski definition) is 3. The fourth-order valence-corrected chi connectivity index (χ4v) is 3.63. The predicted molar refractivity (Wildman–Crippen MR) is 103 cm³/mol. The second-order valence-corrected chi connectivity index (χ2v) is 7.48. The molecule has 0 unspecified atom stereocenters. The third kappa shape index (κ3) is 4.21. The van der Waals surface area contributed by atoms with Crippen LogP contribution < -0.4 is 0 Å². The molecule has 1 heterocycles. The summed E-state index contributed by atoms with van der Waals surface area (Å²) in [5.41, 5.74) is 4.30. The number of carboxylic acids is 1. The van der Waals surface area contributed by atoms with Gasteiger partial charge < -0.3 is 10.0 Å². The SMILES string of the molecule is Cc1nn(-c2ccc(C(=O)N(C)CC3CCC3)cc2)c(C)c1CCC(=O)O. The van der Waals surface area contributed by atoms with Crippen LogP contribution in [0.4, 0.5) is 0 Å². The van der Waals surface area contributed by atoms with Crippen LogP contribution in [0.15, 0.2) is 24.3 Å². The number of carboxylic acid groups (broad SMARTS) is 1. The van der Waals surface area contributed by atoms with Gasteiger partial charge in [0.1, 0.15) is 0 Å². The molecular weight excluding hydrogens is 342 g/mol. The molecule has 0 spiro atoms. The Morgan fingerprint density at radius 3 is 2.44 bits per heavy atom. The third-order valence-corrected chi connectivity index (χ3v) is 5.49. The van der Waals surface area contributed by atoms with E-state index >= 15 is 0 Å². The van der Waals surface area contributed by atoms with E-state index < -0.39 is 5.97 Å². The average Bonchev–Trinajstić information content (AvgIpc) is 2.89. The van der Waals surface area contributed by atoms with Crippen LogP contribution in [0.2, 0.25) is 0 Å². The van der Waals surface area contributed by atoms with Crippen molar-refractivity contribution < 1.29 is 14.7 Å². The summed E-state index contributed by atoms with van der Waals surface area (Å²) < 4.78 is 1.82. The van der Waals surface area contributed by atoms with Crippen molar-refractivity contribution in [3.05, 3.63) is 46.8 Å². The quantitative estimate of drug-likeness (QED) is 0.812. The molecule has 0 saturated heterocycles. The van der Waals surface area contributed by atoms with Gasteiger partial charge in [-0.05, 0) is 68.9 Å². The zero-order valence-corrected chi connectivity index (χ0v) is 16.2. The van der Waals surface area contributed by atoms with Crippen molar-refractivity contribution in [2.24, 2.45) is 5.92 Å². The van der Waals surface area contributed by atoms with Gasteiger partial charge in [0.05, 0.1) is 11.4 Å². The first-order chi connectivity index (χ1) is 12.9. The maximum atomic E-state index is 12.6. The standard InChI is InChI=1S/C21H27N3O3/c1-14-19(11-12-20(25)26)15(2)24(22-14)18-9-7-17(8-10-18)21(27)23(3)13-16-5-4-6-16/h7-10,16H,4-6,11-13H2,1-3H3,(H,25,26). The van der Waals surface area contributed by atoms with E-state index in [0.29, 0.717) is 17.9 Å². The monoisotopic (exact) mass is 369 g/mol. The molecule has 1 aliphatic carbocycles. The molecule has 1 N–H and O–H groups in total. The number of aromatic nitrogens is 2. The largest absolute Gasteiger partial charge is 0.481 e. The Kier molecular flexibility index (Phi) is 5.63. The number of carbonyl (C=O) groups is 2. The van der Waals surface area contributed by atoms with Crippen LogP contribution in [0.3, 0.4) is 0 Å². The van der Waals surface area contributed by atoms with Gasteiger partial charge in [0.2, 0.25) is 0 Å². The predicted octanol–water partition coefficient (Wildman–Crippen LogP) is 3.38. The number of rotatable bonds is 7. The highest BCUT2D eigenvalue weighted by molar-refractivity contribution is 5.94. The summed E-state index contributed by atoms with van der Waals surface area (Å²) in [4.78, 5) is 25.3. The first kappa shape index (κ1) is 19.1. The second kappa shape index (κ2) is 7.94. The van der Waals surface area contributed by atoms with Gasteiger partial charge in [-0.15, -0.1) is 0 Å². The van der Waals surface area contributed by atoms with Crippen molar-refractivity contribution >= 4 is 11.9 Å². The number of aryl methyl sites for hydroxylation is 1. The zero-order chi connectivity index (χ0) is 19.6. The molecule has 1 saturated carbocycles. The van der Waals surface area contributed by atoms with Crippen LogP contribution in [0.25, 0.3) is 5.69 Å². The number of nitrogens with zero attached hydrogens (tertiary/aromatic N) is 3. The summed E-state index contributed by atoms with van der Waals surface area (Å²) in [6.45, 7) is 4.67. The molecule has 1 aromatic heterocycles. The molecule has 2 aromatic rings. The molecule has 1 aromatic carbocycles. The number of benzene rings is 1. The van der Waals surface area contributed by atoms with Crippen molar-refractivity contribution in [2.75, 3.05) is 13.6 Å². The second-order valence-electron chi connectivity index (χ2n) is 7.48. The number of carbonyl (C=O) groups excluding carboxylic acids is 1. The summed E-state index contributed by atoms with van der Waals surface area (Å²) in [6.07, 6.45) is 4.28. The topological polar surface area (TPSA) is 75.4 Å². The lowest BCUT2D eigenvalue weighted by molar-refractivity contribution is -0.136. The lowest BCUT2D eigenvalue weighted by atomic mass is 9.85. The van der Waals surface area contributed by atoms with E-state index in [4.69, 9.17) is 5.11 Å². The molecule has 3 rings (SSSR count). The maximum absolute atomic E-state index is 12.6. The Bertz CT molecular complexity index is 835. The minimum absolute atomic E-state index is 0.0453. The molecule has 0 radical (unpaired) electrons. The van der Waals surface area contributed by atoms with Gasteiger partial charge in [0.25, 0.3) is 5.91 Å². The number of hydrogen-bond donors (Lipinski definition) is 1. The van der Waals surface area contributed by atoms with Gasteiger partial charge in [-0.3, -0.25) is 9.59 Å². The van der Waals surface area contributed by atoms with Crippen LogP contribution in [0, 0.1) is 19.8 Å². The smallest absolute Gasteiger partial charge is 0.303 e. The fourth-order valence-electron chi connectivity index (χ4n) is 3.63. The van der Waals surface area contributed by atoms with Gasteiger partial charge >= 0.3 is 5.97 Å². The van der Waals surface area contributed by atoms with E-state index in [0.717, 1.165) is 29.2 Å². The summed E-state index contributed by atoms with van der Waals surface area (Å²) in [5.74, 6) is -0.114. The average molecular weight is 369 g/mol. The van der Waals surface area contributed by atoms with E-state index in [9.17, 15) is 9.59 Å². The molecule has 0 aliphatic heterocycles. The molecule has 144 valence electrons. The van der Waals surface area contributed by atoms with Crippen molar-refractivity contribution in [2.45, 2.75) is 46.0 Å². The van der Waals surface area contributed by atoms with E-state index in [-0.39, 0.29) is 12.3 Å². The molecule has 1 amide bonds. The van der Waals surface area contributed by atoms with Crippen LogP contribution in [0.1, 0.15) is 53.0 Å². The first-order valence-electron chi connectivity index (χ1n) is 9.49. The summed E-state index contributed by atoms with van der Waals surface area (Å²) >= 11 is 0. The Hall–Kier alpha value is -2.63. The van der Waals surface area contributed by atoms with Gasteiger partial charge in [-0.1, -0.05) is 6.42 Å². The minimum atomic E-state index is -0.810. The Balaban J connectivity index is 1.74. The molecule has 0 atom stereocenters. The van der Waals surface area contributed by atoms with Crippen LogP contribution in [-0.4, -0.2) is 45.3 Å². The highest BCUT2D eigenvalue weighted by Gasteiger charge is 2.22. The van der Waals surface area contributed by atoms with E-state index in [2.05, 4.69) is 5.10 Å². The third-order valence-electron chi connectivity index (χ3n) is 5.49. The molecular formula is C21H27N3O3. The Morgan fingerprint density at radius 2 is 1.89 bits per heavy atom. The number of aliphatic carboxylic acids is 1. The summed E-state index contributed by atoms with van der Waals surface area (Å²) in [6, 6.07) is 7.46. The molecule has 6 nitrogen and oxygen atoms in total. The van der Waals surface area contributed by atoms with Crippen molar-refractivity contribution in [3.63, 3.8) is 0 Å². The summed E-state index contributed by atoms with van der Waals surface area (Å²) in [5, 5.41) is 13.5.